The maximum atomic E-state index is 8.88. The zero-order valence-electron chi connectivity index (χ0n) is 5.15. The molecule has 0 saturated heterocycles. The van der Waals surface area contributed by atoms with Crippen LogP contribution in [-0.2, 0) is 4.57 Å². The fraction of sp³-hybridized carbons (Fsp3) is 0. The third-order valence-electron chi connectivity index (χ3n) is 0.378. The van der Waals surface area contributed by atoms with Gasteiger partial charge in [0.1, 0.15) is 6.33 Å². The summed E-state index contributed by atoms with van der Waals surface area (Å²) in [6.45, 7) is 0. The Labute approximate surface area is 65.9 Å². The van der Waals surface area contributed by atoms with Crippen LogP contribution in [0.2, 0.25) is 0 Å². The summed E-state index contributed by atoms with van der Waals surface area (Å²) in [5, 5.41) is 0.523. The molecule has 0 aliphatic rings. The van der Waals surface area contributed by atoms with E-state index in [9.17, 15) is 0 Å². The second kappa shape index (κ2) is 4.37. The van der Waals surface area contributed by atoms with E-state index in [1.165, 1.54) is 17.9 Å². The molecule has 0 amide bonds. The van der Waals surface area contributed by atoms with E-state index in [1.807, 2.05) is 0 Å². The second-order valence-corrected chi connectivity index (χ2v) is 3.13. The predicted octanol–water partition coefficient (Wildman–Crippen LogP) is -0.808. The largest absolute Gasteiger partial charge is 0.466 e. The van der Waals surface area contributed by atoms with Crippen LogP contribution in [0.3, 0.4) is 0 Å². The van der Waals surface area contributed by atoms with Crippen molar-refractivity contribution in [2.24, 2.45) is 0 Å². The van der Waals surface area contributed by atoms with Crippen molar-refractivity contribution in [3.05, 3.63) is 6.33 Å². The van der Waals surface area contributed by atoms with Crippen LogP contribution in [0.5, 0.6) is 0 Å². The molecule has 0 radical (unpaired) electrons. The highest BCUT2D eigenvalue weighted by atomic mass is 32.1. The van der Waals surface area contributed by atoms with Gasteiger partial charge in [-0.15, -0.1) is 0 Å². The standard InChI is InChI=1S/C2H3N3S.H3O4P/c3-2-4-1-5-6-2;1-5(2,3)4/h1H,(H2,3,4,5);(H3,1,2,3,4). The minimum Gasteiger partial charge on any atom is -0.374 e. The highest BCUT2D eigenvalue weighted by Gasteiger charge is 2.00. The van der Waals surface area contributed by atoms with Crippen LogP contribution in [0.4, 0.5) is 5.13 Å². The Morgan fingerprint density at radius 1 is 1.55 bits per heavy atom. The first kappa shape index (κ1) is 10.5. The van der Waals surface area contributed by atoms with E-state index in [1.54, 1.807) is 0 Å². The lowest BCUT2D eigenvalue weighted by Gasteiger charge is -1.82. The van der Waals surface area contributed by atoms with Crippen molar-refractivity contribution < 1.29 is 19.2 Å². The molecule has 1 aromatic heterocycles. The average molecular weight is 199 g/mol. The topological polar surface area (TPSA) is 130 Å². The normalized spacial score (nSPS) is 10.1. The maximum Gasteiger partial charge on any atom is 0.466 e. The van der Waals surface area contributed by atoms with Crippen molar-refractivity contribution in [3.8, 4) is 0 Å². The summed E-state index contributed by atoms with van der Waals surface area (Å²) in [7, 11) is -4.64. The van der Waals surface area contributed by atoms with Gasteiger partial charge in [0.2, 0.25) is 0 Å². The third kappa shape index (κ3) is 12.6. The zero-order valence-corrected chi connectivity index (χ0v) is 6.87. The van der Waals surface area contributed by atoms with E-state index in [2.05, 4.69) is 9.36 Å². The van der Waals surface area contributed by atoms with Gasteiger partial charge in [0, 0.05) is 11.5 Å². The Bertz CT molecular complexity index is 223. The van der Waals surface area contributed by atoms with Crippen LogP contribution in [0.1, 0.15) is 0 Å². The summed E-state index contributed by atoms with van der Waals surface area (Å²) >= 11 is 1.19. The molecule has 1 aromatic rings. The molecule has 1 rings (SSSR count). The van der Waals surface area contributed by atoms with Crippen molar-refractivity contribution in [1.29, 1.82) is 0 Å². The minimum atomic E-state index is -4.64. The molecular weight excluding hydrogens is 193 g/mol. The van der Waals surface area contributed by atoms with Gasteiger partial charge < -0.3 is 20.4 Å². The highest BCUT2D eigenvalue weighted by Crippen LogP contribution is 2.25. The lowest BCUT2D eigenvalue weighted by atomic mass is 11.2. The van der Waals surface area contributed by atoms with Gasteiger partial charge in [0.05, 0.1) is 0 Å². The molecule has 1 heterocycles. The smallest absolute Gasteiger partial charge is 0.374 e. The minimum absolute atomic E-state index is 0.523. The van der Waals surface area contributed by atoms with Gasteiger partial charge in [-0.2, -0.15) is 4.37 Å². The molecule has 0 saturated carbocycles. The molecule has 0 aliphatic heterocycles. The molecule has 9 heteroatoms. The number of hydrogen-bond donors (Lipinski definition) is 4. The summed E-state index contributed by atoms with van der Waals surface area (Å²) in [6, 6.07) is 0. The molecule has 5 N–H and O–H groups in total. The molecule has 0 aromatic carbocycles. The number of nitrogen functional groups attached to an aromatic ring is 1. The number of nitrogens with zero attached hydrogens (tertiary/aromatic N) is 2. The average Bonchev–Trinajstić information content (AvgIpc) is 2.12. The lowest BCUT2D eigenvalue weighted by Crippen LogP contribution is -1.77. The van der Waals surface area contributed by atoms with Crippen molar-refractivity contribution in [1.82, 2.24) is 9.36 Å². The fourth-order valence-electron chi connectivity index (χ4n) is 0.182. The first-order valence-corrected chi connectivity index (χ1v) is 4.54. The van der Waals surface area contributed by atoms with E-state index < -0.39 is 7.82 Å². The monoisotopic (exact) mass is 199 g/mol. The van der Waals surface area contributed by atoms with Gasteiger partial charge in [0.25, 0.3) is 0 Å². The summed E-state index contributed by atoms with van der Waals surface area (Å²) < 4.78 is 12.5. The van der Waals surface area contributed by atoms with Crippen LogP contribution in [0.25, 0.3) is 0 Å². The van der Waals surface area contributed by atoms with E-state index in [-0.39, 0.29) is 0 Å². The Kier molecular flexibility index (Phi) is 4.16. The summed E-state index contributed by atoms with van der Waals surface area (Å²) in [6.07, 6.45) is 1.43. The predicted molar refractivity (Wildman–Crippen MR) is 38.6 cm³/mol. The zero-order chi connectivity index (χ0) is 8.91. The lowest BCUT2D eigenvalue weighted by molar-refractivity contribution is 0.275. The molecule has 0 spiro atoms. The van der Waals surface area contributed by atoms with Gasteiger partial charge in [-0.25, -0.2) is 9.55 Å². The number of hydrogen-bond acceptors (Lipinski definition) is 5. The van der Waals surface area contributed by atoms with Gasteiger partial charge in [-0.3, -0.25) is 0 Å². The molecule has 7 nitrogen and oxygen atoms in total. The van der Waals surface area contributed by atoms with Gasteiger partial charge in [-0.05, 0) is 0 Å². The van der Waals surface area contributed by atoms with Crippen LogP contribution in [0, 0.1) is 0 Å². The molecule has 0 fully saturated rings. The molecule has 0 unspecified atom stereocenters. The first-order valence-electron chi connectivity index (χ1n) is 2.20. The van der Waals surface area contributed by atoms with Gasteiger partial charge in [0.15, 0.2) is 5.13 Å². The van der Waals surface area contributed by atoms with Crippen LogP contribution >= 0.6 is 19.4 Å². The Balaban J connectivity index is 0.000000187. The van der Waals surface area contributed by atoms with Crippen LogP contribution in [0.15, 0.2) is 6.33 Å². The van der Waals surface area contributed by atoms with Crippen LogP contribution < -0.4 is 5.73 Å². The van der Waals surface area contributed by atoms with E-state index in [0.29, 0.717) is 5.13 Å². The fourth-order valence-corrected chi connectivity index (χ4v) is 0.478. The quantitative estimate of drug-likeness (QED) is 0.402. The van der Waals surface area contributed by atoms with Crippen molar-refractivity contribution in [3.63, 3.8) is 0 Å². The van der Waals surface area contributed by atoms with Crippen molar-refractivity contribution >= 4 is 24.5 Å². The SMILES string of the molecule is Nc1ncns1.O=P(O)(O)O. The van der Waals surface area contributed by atoms with Gasteiger partial charge in [-0.1, -0.05) is 0 Å². The number of phosphoric acid groups is 1. The van der Waals surface area contributed by atoms with Crippen molar-refractivity contribution in [2.75, 3.05) is 5.73 Å². The number of rotatable bonds is 0. The first-order chi connectivity index (χ1) is 4.89. The number of anilines is 1. The molecule has 0 atom stereocenters. The molecule has 64 valence electrons. The molecule has 0 aliphatic carbocycles. The van der Waals surface area contributed by atoms with E-state index >= 15 is 0 Å². The van der Waals surface area contributed by atoms with E-state index in [4.69, 9.17) is 25.0 Å². The second-order valence-electron chi connectivity index (χ2n) is 1.29. The maximum absolute atomic E-state index is 8.88. The third-order valence-corrected chi connectivity index (χ3v) is 0.871. The Morgan fingerprint density at radius 2 is 2.00 bits per heavy atom. The van der Waals surface area contributed by atoms with Gasteiger partial charge >= 0.3 is 7.82 Å². The highest BCUT2D eigenvalue weighted by molar-refractivity contribution is 7.45. The molecule has 0 bridgehead atoms. The van der Waals surface area contributed by atoms with Crippen molar-refractivity contribution in [2.45, 2.75) is 0 Å². The number of aromatic nitrogens is 2. The Morgan fingerprint density at radius 3 is 2.09 bits per heavy atom. The number of nitrogens with two attached hydrogens (primary N) is 1. The Hall–Kier alpha value is -0.530. The molecular formula is C2H6N3O4PS. The van der Waals surface area contributed by atoms with Crippen LogP contribution in [-0.4, -0.2) is 24.0 Å². The van der Waals surface area contributed by atoms with E-state index in [0.717, 1.165) is 0 Å². The summed E-state index contributed by atoms with van der Waals surface area (Å²) in [5.74, 6) is 0. The summed E-state index contributed by atoms with van der Waals surface area (Å²) in [5.41, 5.74) is 5.12. The summed E-state index contributed by atoms with van der Waals surface area (Å²) in [4.78, 5) is 25.2. The molecule has 11 heavy (non-hydrogen) atoms.